The van der Waals surface area contributed by atoms with Crippen LogP contribution in [0.2, 0.25) is 10.0 Å². The molecule has 0 aliphatic carbocycles. The zero-order chi connectivity index (χ0) is 20.4. The van der Waals surface area contributed by atoms with Crippen LogP contribution in [0, 0.1) is 6.92 Å². The Balaban J connectivity index is 1.84. The lowest BCUT2D eigenvalue weighted by molar-refractivity contribution is 0.102. The number of hydrogen-bond donors (Lipinski definition) is 1. The molecule has 0 bridgehead atoms. The Bertz CT molecular complexity index is 1280. The van der Waals surface area contributed by atoms with Crippen molar-refractivity contribution < 1.29 is 9.21 Å². The third kappa shape index (κ3) is 4.34. The summed E-state index contributed by atoms with van der Waals surface area (Å²) in [4.78, 5) is 17.6. The van der Waals surface area contributed by atoms with Gasteiger partial charge in [-0.05, 0) is 67.1 Å². The molecule has 6 heteroatoms. The third-order valence-corrected chi connectivity index (χ3v) is 4.87. The van der Waals surface area contributed by atoms with Gasteiger partial charge in [-0.15, -0.1) is 0 Å². The molecule has 29 heavy (non-hydrogen) atoms. The van der Waals surface area contributed by atoms with Gasteiger partial charge in [-0.3, -0.25) is 4.79 Å². The van der Waals surface area contributed by atoms with Gasteiger partial charge in [0, 0.05) is 21.1 Å². The van der Waals surface area contributed by atoms with E-state index < -0.39 is 0 Å². The molecule has 0 aliphatic heterocycles. The summed E-state index contributed by atoms with van der Waals surface area (Å²) >= 11 is 12.0. The van der Waals surface area contributed by atoms with Crippen LogP contribution in [-0.4, -0.2) is 5.91 Å². The molecule has 4 nitrogen and oxygen atoms in total. The molecule has 0 unspecified atom stereocenters. The summed E-state index contributed by atoms with van der Waals surface area (Å²) in [5.74, 6) is -0.327. The standard InChI is InChI=1S/C23H16Cl2N2O2/c1-14-12-17(25)8-11-20(14)27-23-19(13-15-4-2-3-5-21(15)29-23)22(28)26-18-9-6-16(24)7-10-18/h2-13H,1H3,(H,26,28). The highest BCUT2D eigenvalue weighted by molar-refractivity contribution is 6.31. The smallest absolute Gasteiger partial charge is 0.261 e. The van der Waals surface area contributed by atoms with Gasteiger partial charge in [-0.25, -0.2) is 4.99 Å². The lowest BCUT2D eigenvalue weighted by atomic mass is 10.1. The van der Waals surface area contributed by atoms with Crippen LogP contribution in [-0.2, 0) is 0 Å². The number of carbonyl (C=O) groups is 1. The van der Waals surface area contributed by atoms with E-state index in [1.165, 1.54) is 0 Å². The predicted molar refractivity (Wildman–Crippen MR) is 117 cm³/mol. The third-order valence-electron chi connectivity index (χ3n) is 4.38. The van der Waals surface area contributed by atoms with E-state index in [9.17, 15) is 4.79 Å². The van der Waals surface area contributed by atoms with Crippen LogP contribution in [0.1, 0.15) is 15.9 Å². The minimum Gasteiger partial charge on any atom is -0.438 e. The highest BCUT2D eigenvalue weighted by Gasteiger charge is 2.13. The highest BCUT2D eigenvalue weighted by Crippen LogP contribution is 2.23. The predicted octanol–water partition coefficient (Wildman–Crippen LogP) is 6.53. The second-order valence-electron chi connectivity index (χ2n) is 6.51. The molecule has 0 saturated heterocycles. The van der Waals surface area contributed by atoms with Crippen LogP contribution >= 0.6 is 23.2 Å². The van der Waals surface area contributed by atoms with Gasteiger partial charge >= 0.3 is 0 Å². The number of fused-ring (bicyclic) bond motifs is 1. The molecule has 4 aromatic rings. The molecule has 1 heterocycles. The first-order valence-electron chi connectivity index (χ1n) is 8.90. The second kappa shape index (κ2) is 8.11. The molecule has 0 atom stereocenters. The number of hydrogen-bond acceptors (Lipinski definition) is 3. The Morgan fingerprint density at radius 3 is 2.41 bits per heavy atom. The zero-order valence-electron chi connectivity index (χ0n) is 15.4. The van der Waals surface area contributed by atoms with Crippen LogP contribution in [0.15, 0.2) is 82.2 Å². The highest BCUT2D eigenvalue weighted by atomic mass is 35.5. The Kier molecular flexibility index (Phi) is 5.38. The number of benzene rings is 3. The van der Waals surface area contributed by atoms with Crippen LogP contribution < -0.4 is 10.9 Å². The van der Waals surface area contributed by atoms with Crippen LogP contribution in [0.3, 0.4) is 0 Å². The SMILES string of the molecule is Cc1cc(Cl)ccc1N=c1oc2ccccc2cc1C(=O)Nc1ccc(Cl)cc1. The van der Waals surface area contributed by atoms with Gasteiger partial charge in [0.05, 0.1) is 5.69 Å². The van der Waals surface area contributed by atoms with Crippen molar-refractivity contribution in [2.45, 2.75) is 6.92 Å². The van der Waals surface area contributed by atoms with Gasteiger partial charge < -0.3 is 9.73 Å². The van der Waals surface area contributed by atoms with Crippen molar-refractivity contribution in [3.63, 3.8) is 0 Å². The van der Waals surface area contributed by atoms with Gasteiger partial charge in [0.15, 0.2) is 0 Å². The fourth-order valence-corrected chi connectivity index (χ4v) is 3.25. The van der Waals surface area contributed by atoms with E-state index in [2.05, 4.69) is 10.3 Å². The summed E-state index contributed by atoms with van der Waals surface area (Å²) in [5, 5.41) is 4.89. The molecule has 0 spiro atoms. The number of carbonyl (C=O) groups excluding carboxylic acids is 1. The van der Waals surface area contributed by atoms with E-state index in [1.807, 2.05) is 37.3 Å². The number of para-hydroxylation sites is 1. The van der Waals surface area contributed by atoms with E-state index in [0.717, 1.165) is 10.9 Å². The number of aryl methyl sites for hydroxylation is 1. The number of nitrogens with one attached hydrogen (secondary N) is 1. The lowest BCUT2D eigenvalue weighted by Crippen LogP contribution is -2.21. The van der Waals surface area contributed by atoms with Crippen LogP contribution in [0.25, 0.3) is 11.0 Å². The van der Waals surface area contributed by atoms with Crippen molar-refractivity contribution in [2.24, 2.45) is 4.99 Å². The Morgan fingerprint density at radius 2 is 1.66 bits per heavy atom. The Labute approximate surface area is 177 Å². The quantitative estimate of drug-likeness (QED) is 0.407. The summed E-state index contributed by atoms with van der Waals surface area (Å²) in [6, 6.07) is 21.5. The second-order valence-corrected chi connectivity index (χ2v) is 7.38. The van der Waals surface area contributed by atoms with Crippen LogP contribution in [0.4, 0.5) is 11.4 Å². The molecule has 144 valence electrons. The molecular weight excluding hydrogens is 407 g/mol. The van der Waals surface area contributed by atoms with Crippen molar-refractivity contribution >= 4 is 51.5 Å². The van der Waals surface area contributed by atoms with Crippen molar-refractivity contribution in [2.75, 3.05) is 5.32 Å². The van der Waals surface area contributed by atoms with Gasteiger partial charge in [0.2, 0.25) is 5.55 Å². The molecule has 1 amide bonds. The van der Waals surface area contributed by atoms with Gasteiger partial charge in [0.25, 0.3) is 5.91 Å². The van der Waals surface area contributed by atoms with Crippen molar-refractivity contribution in [1.82, 2.24) is 0 Å². The summed E-state index contributed by atoms with van der Waals surface area (Å²) in [7, 11) is 0. The number of amides is 1. The van der Waals surface area contributed by atoms with E-state index in [0.29, 0.717) is 32.6 Å². The number of halogens is 2. The lowest BCUT2D eigenvalue weighted by Gasteiger charge is -2.08. The number of rotatable bonds is 3. The number of anilines is 1. The summed E-state index contributed by atoms with van der Waals surface area (Å²) in [6.07, 6.45) is 0. The van der Waals surface area contributed by atoms with Crippen molar-refractivity contribution in [3.05, 3.63) is 99.5 Å². The topological polar surface area (TPSA) is 54.6 Å². The maximum Gasteiger partial charge on any atom is 0.261 e. The molecule has 0 aliphatic rings. The molecule has 4 rings (SSSR count). The maximum atomic E-state index is 13.0. The first-order chi connectivity index (χ1) is 14.0. The minimum absolute atomic E-state index is 0.223. The Hall–Kier alpha value is -3.08. The average molecular weight is 423 g/mol. The van der Waals surface area contributed by atoms with Crippen molar-refractivity contribution in [3.8, 4) is 0 Å². The maximum absolute atomic E-state index is 13.0. The fraction of sp³-hybridized carbons (Fsp3) is 0.0435. The van der Waals surface area contributed by atoms with E-state index >= 15 is 0 Å². The molecule has 0 fully saturated rings. The molecular formula is C23H16Cl2N2O2. The first kappa shape index (κ1) is 19.2. The zero-order valence-corrected chi connectivity index (χ0v) is 17.0. The van der Waals surface area contributed by atoms with E-state index in [1.54, 1.807) is 42.5 Å². The van der Waals surface area contributed by atoms with E-state index in [4.69, 9.17) is 27.6 Å². The molecule has 0 radical (unpaired) electrons. The van der Waals surface area contributed by atoms with Gasteiger partial charge in [-0.1, -0.05) is 41.4 Å². The van der Waals surface area contributed by atoms with Crippen molar-refractivity contribution in [1.29, 1.82) is 0 Å². The minimum atomic E-state index is -0.327. The molecule has 0 saturated carbocycles. The summed E-state index contributed by atoms with van der Waals surface area (Å²) in [6.45, 7) is 1.90. The molecule has 3 aromatic carbocycles. The first-order valence-corrected chi connectivity index (χ1v) is 9.66. The fourth-order valence-electron chi connectivity index (χ4n) is 2.90. The summed E-state index contributed by atoms with van der Waals surface area (Å²) < 4.78 is 5.98. The Morgan fingerprint density at radius 1 is 0.931 bits per heavy atom. The summed E-state index contributed by atoms with van der Waals surface area (Å²) in [5.41, 5.74) is 3.37. The van der Waals surface area contributed by atoms with E-state index in [-0.39, 0.29) is 11.5 Å². The monoisotopic (exact) mass is 422 g/mol. The number of nitrogens with zero attached hydrogens (tertiary/aromatic N) is 1. The van der Waals surface area contributed by atoms with Crippen LogP contribution in [0.5, 0.6) is 0 Å². The largest absolute Gasteiger partial charge is 0.438 e. The normalized spacial score (nSPS) is 11.6. The van der Waals surface area contributed by atoms with Gasteiger partial charge in [0.1, 0.15) is 11.1 Å². The van der Waals surface area contributed by atoms with Gasteiger partial charge in [-0.2, -0.15) is 0 Å². The molecule has 1 aromatic heterocycles. The average Bonchev–Trinajstić information content (AvgIpc) is 2.71. The molecule has 1 N–H and O–H groups in total.